The van der Waals surface area contributed by atoms with Crippen LogP contribution in [0.15, 0.2) is 12.1 Å². The van der Waals surface area contributed by atoms with Crippen molar-refractivity contribution < 1.29 is 14.8 Å². The molecule has 0 heterocycles. The van der Waals surface area contributed by atoms with Gasteiger partial charge in [-0.25, -0.2) is 4.79 Å². The highest BCUT2D eigenvalue weighted by Crippen LogP contribution is 2.28. The predicted octanol–water partition coefficient (Wildman–Crippen LogP) is 2.90. The van der Waals surface area contributed by atoms with Crippen molar-refractivity contribution in [1.82, 2.24) is 0 Å². The number of aryl methyl sites for hydroxylation is 1. The number of carboxylic acids is 1. The lowest BCUT2D eigenvalue weighted by molar-refractivity contribution is -0.384. The molecule has 0 saturated carbocycles. The molecule has 1 aromatic rings. The van der Waals surface area contributed by atoms with E-state index in [-0.39, 0.29) is 16.3 Å². The van der Waals surface area contributed by atoms with Gasteiger partial charge in [-0.3, -0.25) is 10.1 Å². The van der Waals surface area contributed by atoms with E-state index in [1.807, 2.05) is 6.92 Å². The lowest BCUT2D eigenvalue weighted by Gasteiger charge is -2.05. The average Bonchev–Trinajstić information content (AvgIpc) is 2.17. The van der Waals surface area contributed by atoms with Gasteiger partial charge in [-0.15, -0.1) is 0 Å². The third kappa shape index (κ3) is 2.49. The number of nitro benzene ring substituents is 1. The van der Waals surface area contributed by atoms with Crippen LogP contribution in [-0.4, -0.2) is 16.0 Å². The van der Waals surface area contributed by atoms with Crippen LogP contribution >= 0.6 is 11.6 Å². The number of hydrogen-bond acceptors (Lipinski definition) is 3. The Hall–Kier alpha value is -1.62. The second kappa shape index (κ2) is 4.94. The SMILES string of the molecule is CCCc1cc(Cl)c([N+](=O)[O-])cc1C(=O)O. The summed E-state index contributed by atoms with van der Waals surface area (Å²) < 4.78 is 0. The molecule has 0 atom stereocenters. The van der Waals surface area contributed by atoms with Gasteiger partial charge in [-0.1, -0.05) is 24.9 Å². The average molecular weight is 244 g/mol. The number of nitrogens with zero attached hydrogens (tertiary/aromatic N) is 1. The normalized spacial score (nSPS) is 10.1. The van der Waals surface area contributed by atoms with Gasteiger partial charge in [0.1, 0.15) is 5.02 Å². The largest absolute Gasteiger partial charge is 0.478 e. The first-order valence-corrected chi connectivity index (χ1v) is 5.05. The van der Waals surface area contributed by atoms with E-state index in [1.165, 1.54) is 6.07 Å². The Labute approximate surface area is 96.8 Å². The van der Waals surface area contributed by atoms with Crippen LogP contribution in [0.4, 0.5) is 5.69 Å². The molecule has 0 aliphatic heterocycles. The fourth-order valence-electron chi connectivity index (χ4n) is 1.42. The summed E-state index contributed by atoms with van der Waals surface area (Å²) >= 11 is 5.70. The molecule has 0 aliphatic carbocycles. The standard InChI is InChI=1S/C10H10ClNO4/c1-2-3-6-4-8(11)9(12(15)16)5-7(6)10(13)14/h4-5H,2-3H2,1H3,(H,13,14). The van der Waals surface area contributed by atoms with Gasteiger partial charge in [0.2, 0.25) is 0 Å². The van der Waals surface area contributed by atoms with Gasteiger partial charge in [0.15, 0.2) is 0 Å². The number of rotatable bonds is 4. The van der Waals surface area contributed by atoms with Gasteiger partial charge in [0.05, 0.1) is 10.5 Å². The van der Waals surface area contributed by atoms with E-state index in [1.54, 1.807) is 0 Å². The number of nitro groups is 1. The van der Waals surface area contributed by atoms with E-state index in [4.69, 9.17) is 16.7 Å². The second-order valence-corrected chi connectivity index (χ2v) is 3.68. The van der Waals surface area contributed by atoms with E-state index in [0.717, 1.165) is 12.5 Å². The topological polar surface area (TPSA) is 80.4 Å². The molecule has 86 valence electrons. The highest BCUT2D eigenvalue weighted by Gasteiger charge is 2.19. The molecule has 0 aliphatic rings. The summed E-state index contributed by atoms with van der Waals surface area (Å²) in [4.78, 5) is 20.8. The third-order valence-corrected chi connectivity index (χ3v) is 2.42. The third-order valence-electron chi connectivity index (χ3n) is 2.12. The van der Waals surface area contributed by atoms with Crippen molar-refractivity contribution in [3.05, 3.63) is 38.4 Å². The Morgan fingerprint density at radius 1 is 1.56 bits per heavy atom. The Bertz CT molecular complexity index is 445. The maximum absolute atomic E-state index is 10.9. The van der Waals surface area contributed by atoms with Gasteiger partial charge >= 0.3 is 5.97 Å². The van der Waals surface area contributed by atoms with E-state index < -0.39 is 10.9 Å². The second-order valence-electron chi connectivity index (χ2n) is 3.27. The number of aromatic carboxylic acids is 1. The molecular weight excluding hydrogens is 234 g/mol. The van der Waals surface area contributed by atoms with Crippen LogP contribution < -0.4 is 0 Å². The van der Waals surface area contributed by atoms with E-state index in [9.17, 15) is 14.9 Å². The quantitative estimate of drug-likeness (QED) is 0.651. The lowest BCUT2D eigenvalue weighted by Crippen LogP contribution is -2.04. The van der Waals surface area contributed by atoms with Crippen LogP contribution in [0.3, 0.4) is 0 Å². The fraction of sp³-hybridized carbons (Fsp3) is 0.300. The van der Waals surface area contributed by atoms with Crippen molar-refractivity contribution in [2.45, 2.75) is 19.8 Å². The molecular formula is C10H10ClNO4. The number of halogens is 1. The molecule has 0 amide bonds. The molecule has 0 unspecified atom stereocenters. The molecule has 0 radical (unpaired) electrons. The Morgan fingerprint density at radius 3 is 2.62 bits per heavy atom. The Kier molecular flexibility index (Phi) is 3.84. The van der Waals surface area contributed by atoms with Crippen LogP contribution in [0.1, 0.15) is 29.3 Å². The molecule has 0 spiro atoms. The summed E-state index contributed by atoms with van der Waals surface area (Å²) in [6.45, 7) is 1.89. The van der Waals surface area contributed by atoms with Crippen molar-refractivity contribution in [3.8, 4) is 0 Å². The number of hydrogen-bond donors (Lipinski definition) is 1. The Morgan fingerprint density at radius 2 is 2.19 bits per heavy atom. The maximum atomic E-state index is 10.9. The minimum absolute atomic E-state index is 0.0292. The monoisotopic (exact) mass is 243 g/mol. The molecule has 1 aromatic carbocycles. The van der Waals surface area contributed by atoms with Crippen molar-refractivity contribution in [1.29, 1.82) is 0 Å². The van der Waals surface area contributed by atoms with Gasteiger partial charge in [0, 0.05) is 6.07 Å². The fourth-order valence-corrected chi connectivity index (χ4v) is 1.67. The molecule has 0 fully saturated rings. The molecule has 16 heavy (non-hydrogen) atoms. The van der Waals surface area contributed by atoms with Crippen LogP contribution in [0.2, 0.25) is 5.02 Å². The van der Waals surface area contributed by atoms with Gasteiger partial charge < -0.3 is 5.11 Å². The molecule has 6 heteroatoms. The molecule has 1 N–H and O–H groups in total. The molecule has 1 rings (SSSR count). The molecule has 0 bridgehead atoms. The molecule has 5 nitrogen and oxygen atoms in total. The highest BCUT2D eigenvalue weighted by atomic mass is 35.5. The van der Waals surface area contributed by atoms with Crippen molar-refractivity contribution in [3.63, 3.8) is 0 Å². The van der Waals surface area contributed by atoms with Crippen molar-refractivity contribution in [2.75, 3.05) is 0 Å². The first-order valence-electron chi connectivity index (χ1n) is 4.67. The zero-order valence-electron chi connectivity index (χ0n) is 8.57. The van der Waals surface area contributed by atoms with Crippen LogP contribution in [-0.2, 0) is 6.42 Å². The summed E-state index contributed by atoms with van der Waals surface area (Å²) in [5, 5.41) is 19.5. The first-order chi connectivity index (χ1) is 7.47. The van der Waals surface area contributed by atoms with Crippen LogP contribution in [0, 0.1) is 10.1 Å². The van der Waals surface area contributed by atoms with E-state index in [0.29, 0.717) is 12.0 Å². The summed E-state index contributed by atoms with van der Waals surface area (Å²) in [5.41, 5.74) is 0.0856. The Balaban J connectivity index is 3.36. The smallest absolute Gasteiger partial charge is 0.336 e. The molecule has 0 saturated heterocycles. The van der Waals surface area contributed by atoms with Gasteiger partial charge in [-0.05, 0) is 18.1 Å². The highest BCUT2D eigenvalue weighted by molar-refractivity contribution is 6.32. The number of benzene rings is 1. The summed E-state index contributed by atoms with van der Waals surface area (Å²) in [6, 6.07) is 2.36. The summed E-state index contributed by atoms with van der Waals surface area (Å²) in [7, 11) is 0. The van der Waals surface area contributed by atoms with Crippen LogP contribution in [0.5, 0.6) is 0 Å². The van der Waals surface area contributed by atoms with Crippen molar-refractivity contribution >= 4 is 23.3 Å². The van der Waals surface area contributed by atoms with Gasteiger partial charge in [-0.2, -0.15) is 0 Å². The zero-order valence-corrected chi connectivity index (χ0v) is 9.32. The van der Waals surface area contributed by atoms with Crippen LogP contribution in [0.25, 0.3) is 0 Å². The van der Waals surface area contributed by atoms with Crippen molar-refractivity contribution in [2.24, 2.45) is 0 Å². The summed E-state index contributed by atoms with van der Waals surface area (Å²) in [5.74, 6) is -1.18. The molecule has 0 aromatic heterocycles. The zero-order chi connectivity index (χ0) is 12.3. The first kappa shape index (κ1) is 12.4. The van der Waals surface area contributed by atoms with Gasteiger partial charge in [0.25, 0.3) is 5.69 Å². The maximum Gasteiger partial charge on any atom is 0.336 e. The van der Waals surface area contributed by atoms with E-state index in [2.05, 4.69) is 0 Å². The minimum atomic E-state index is -1.18. The number of carbonyl (C=O) groups is 1. The predicted molar refractivity (Wildman–Crippen MR) is 59.1 cm³/mol. The summed E-state index contributed by atoms with van der Waals surface area (Å²) in [6.07, 6.45) is 1.27. The minimum Gasteiger partial charge on any atom is -0.478 e. The van der Waals surface area contributed by atoms with E-state index >= 15 is 0 Å². The lowest BCUT2D eigenvalue weighted by atomic mass is 10.0. The number of carboxylic acid groups (broad SMARTS) is 1.